The standard InChI is InChI=1S/C38H38Cl2N6O5S/c1-51-37-24(19-41-22-27-9-11-34(47)44-27)8-10-32(45-37)31-7-3-6-30(36(31)40)29-5-2-4-28(35(29)39)23-12-15-46-33(18-23)43-21-25(38(46)48)20-42-26-13-16-52(49,50)17-14-26/h2-8,10,12,15,18,21,26-27,41-42H,9,11,13-14,16-17,19-20,22H2,1H3,(H,44,47)/t27-/m1/s1. The van der Waals surface area contributed by atoms with Gasteiger partial charge < -0.3 is 20.7 Å². The predicted octanol–water partition coefficient (Wildman–Crippen LogP) is 5.44. The minimum Gasteiger partial charge on any atom is -0.481 e. The summed E-state index contributed by atoms with van der Waals surface area (Å²) in [7, 11) is -1.38. The summed E-state index contributed by atoms with van der Waals surface area (Å²) in [5.74, 6) is 0.891. The van der Waals surface area contributed by atoms with Gasteiger partial charge in [0.25, 0.3) is 5.56 Å². The molecule has 2 aliphatic heterocycles. The molecule has 52 heavy (non-hydrogen) atoms. The SMILES string of the molecule is COc1nc(-c2cccc(-c3cccc(-c4ccn5c(=O)c(CNC6CCS(=O)(=O)CC6)cnc5c4)c3Cl)c2Cl)ccc1CNC[C@H]1CCC(=O)N1. The van der Waals surface area contributed by atoms with Crippen molar-refractivity contribution in [2.24, 2.45) is 0 Å². The van der Waals surface area contributed by atoms with Crippen molar-refractivity contribution >= 4 is 44.6 Å². The van der Waals surface area contributed by atoms with Crippen LogP contribution in [0.15, 0.2) is 77.9 Å². The summed E-state index contributed by atoms with van der Waals surface area (Å²) in [4.78, 5) is 34.2. The average Bonchev–Trinajstić information content (AvgIpc) is 3.56. The molecule has 5 aromatic rings. The van der Waals surface area contributed by atoms with Crippen molar-refractivity contribution in [3.8, 4) is 39.4 Å². The molecular formula is C38H38Cl2N6O5S. The Labute approximate surface area is 311 Å². The number of hydrogen-bond donors (Lipinski definition) is 3. The number of halogens is 2. The van der Waals surface area contributed by atoms with E-state index in [1.54, 1.807) is 19.5 Å². The van der Waals surface area contributed by atoms with Gasteiger partial charge >= 0.3 is 0 Å². The lowest BCUT2D eigenvalue weighted by Gasteiger charge is -2.23. The zero-order valence-electron chi connectivity index (χ0n) is 28.5. The molecule has 7 rings (SSSR count). The maximum absolute atomic E-state index is 13.3. The molecule has 11 nitrogen and oxygen atoms in total. The first-order chi connectivity index (χ1) is 25.1. The molecule has 0 bridgehead atoms. The first kappa shape index (κ1) is 36.0. The highest BCUT2D eigenvalue weighted by molar-refractivity contribution is 7.91. The van der Waals surface area contributed by atoms with Gasteiger partial charge in [0.2, 0.25) is 11.8 Å². The number of fused-ring (bicyclic) bond motifs is 1. The lowest BCUT2D eigenvalue weighted by atomic mass is 9.97. The van der Waals surface area contributed by atoms with Crippen molar-refractivity contribution < 1.29 is 17.9 Å². The molecule has 270 valence electrons. The molecule has 2 saturated heterocycles. The van der Waals surface area contributed by atoms with E-state index in [0.29, 0.717) is 71.7 Å². The van der Waals surface area contributed by atoms with Crippen molar-refractivity contribution in [3.63, 3.8) is 0 Å². The van der Waals surface area contributed by atoms with Gasteiger partial charge in [0.05, 0.1) is 39.9 Å². The van der Waals surface area contributed by atoms with E-state index in [-0.39, 0.29) is 35.1 Å². The Bertz CT molecular complexity index is 2320. The van der Waals surface area contributed by atoms with Crippen LogP contribution in [-0.4, -0.2) is 65.9 Å². The largest absolute Gasteiger partial charge is 0.481 e. The molecule has 1 amide bonds. The number of pyridine rings is 2. The minimum atomic E-state index is -2.96. The molecule has 14 heteroatoms. The van der Waals surface area contributed by atoms with E-state index in [1.807, 2.05) is 60.7 Å². The first-order valence-corrected chi connectivity index (χ1v) is 19.7. The number of hydrogen-bond acceptors (Lipinski definition) is 9. The summed E-state index contributed by atoms with van der Waals surface area (Å²) in [5, 5.41) is 10.7. The fraction of sp³-hybridized carbons (Fsp3) is 0.316. The molecule has 5 heterocycles. The zero-order valence-corrected chi connectivity index (χ0v) is 30.8. The van der Waals surface area contributed by atoms with Gasteiger partial charge in [-0.2, -0.15) is 0 Å². The van der Waals surface area contributed by atoms with E-state index in [0.717, 1.165) is 39.8 Å². The summed E-state index contributed by atoms with van der Waals surface area (Å²) < 4.78 is 30.7. The van der Waals surface area contributed by atoms with Crippen LogP contribution >= 0.6 is 23.2 Å². The number of carbonyl (C=O) groups excluding carboxylic acids is 1. The summed E-state index contributed by atoms with van der Waals surface area (Å²) in [6.07, 6.45) is 5.71. The second kappa shape index (κ2) is 15.3. The molecule has 0 aliphatic carbocycles. The van der Waals surface area contributed by atoms with Gasteiger partial charge in [-0.1, -0.05) is 65.7 Å². The molecule has 1 atom stereocenters. The van der Waals surface area contributed by atoms with Gasteiger partial charge in [-0.05, 0) is 43.0 Å². The normalized spacial score (nSPS) is 17.4. The molecule has 0 unspecified atom stereocenters. The van der Waals surface area contributed by atoms with Crippen LogP contribution in [0.5, 0.6) is 5.88 Å². The zero-order chi connectivity index (χ0) is 36.4. The molecule has 2 aliphatic rings. The highest BCUT2D eigenvalue weighted by Crippen LogP contribution is 2.42. The number of carbonyl (C=O) groups is 1. The number of nitrogens with zero attached hydrogens (tertiary/aromatic N) is 3. The van der Waals surface area contributed by atoms with Crippen LogP contribution < -0.4 is 26.2 Å². The van der Waals surface area contributed by atoms with Gasteiger partial charge in [0.15, 0.2) is 0 Å². The fourth-order valence-electron chi connectivity index (χ4n) is 6.79. The molecule has 3 aromatic heterocycles. The maximum atomic E-state index is 13.3. The third-order valence-electron chi connectivity index (χ3n) is 9.71. The van der Waals surface area contributed by atoms with Crippen molar-refractivity contribution in [1.82, 2.24) is 30.3 Å². The Kier molecular flexibility index (Phi) is 10.6. The van der Waals surface area contributed by atoms with Crippen molar-refractivity contribution in [2.45, 2.75) is 50.9 Å². The van der Waals surface area contributed by atoms with Gasteiger partial charge in [0.1, 0.15) is 15.5 Å². The molecule has 2 aromatic carbocycles. The monoisotopic (exact) mass is 760 g/mol. The van der Waals surface area contributed by atoms with Crippen molar-refractivity contribution in [3.05, 3.63) is 105 Å². The molecule has 2 fully saturated rings. The Hall–Kier alpha value is -4.33. The van der Waals surface area contributed by atoms with Crippen LogP contribution in [-0.2, 0) is 27.7 Å². The highest BCUT2D eigenvalue weighted by Gasteiger charge is 2.24. The Morgan fingerprint density at radius 2 is 1.62 bits per heavy atom. The van der Waals surface area contributed by atoms with Crippen molar-refractivity contribution in [2.75, 3.05) is 25.2 Å². The lowest BCUT2D eigenvalue weighted by Crippen LogP contribution is -2.38. The quantitative estimate of drug-likeness (QED) is 0.160. The summed E-state index contributed by atoms with van der Waals surface area (Å²) >= 11 is 14.2. The molecule has 0 spiro atoms. The van der Waals surface area contributed by atoms with Crippen LogP contribution in [0.2, 0.25) is 10.0 Å². The lowest BCUT2D eigenvalue weighted by molar-refractivity contribution is -0.119. The van der Waals surface area contributed by atoms with Crippen LogP contribution in [0.4, 0.5) is 0 Å². The van der Waals surface area contributed by atoms with E-state index >= 15 is 0 Å². The van der Waals surface area contributed by atoms with Crippen LogP contribution in [0.25, 0.3) is 39.2 Å². The van der Waals surface area contributed by atoms with Crippen LogP contribution in [0, 0.1) is 0 Å². The second-order valence-corrected chi connectivity index (χ2v) is 16.2. The Morgan fingerprint density at radius 1 is 0.904 bits per heavy atom. The molecule has 0 radical (unpaired) electrons. The third-order valence-corrected chi connectivity index (χ3v) is 12.2. The minimum absolute atomic E-state index is 0.0429. The van der Waals surface area contributed by atoms with E-state index in [4.69, 9.17) is 32.9 Å². The third kappa shape index (κ3) is 7.72. The van der Waals surface area contributed by atoms with Gasteiger partial charge in [-0.15, -0.1) is 0 Å². The smallest absolute Gasteiger partial charge is 0.262 e. The van der Waals surface area contributed by atoms with E-state index in [2.05, 4.69) is 20.9 Å². The Balaban J connectivity index is 1.10. The molecule has 0 saturated carbocycles. The Morgan fingerprint density at radius 3 is 2.33 bits per heavy atom. The number of rotatable bonds is 11. The number of methoxy groups -OCH3 is 1. The predicted molar refractivity (Wildman–Crippen MR) is 204 cm³/mol. The number of nitrogens with one attached hydrogen (secondary N) is 3. The van der Waals surface area contributed by atoms with Gasteiger partial charge in [-0.25, -0.2) is 18.4 Å². The summed E-state index contributed by atoms with van der Waals surface area (Å²) in [5.41, 5.74) is 6.05. The maximum Gasteiger partial charge on any atom is 0.262 e. The molecular weight excluding hydrogens is 723 g/mol. The van der Waals surface area contributed by atoms with Gasteiger partial charge in [-0.3, -0.25) is 14.0 Å². The summed E-state index contributed by atoms with van der Waals surface area (Å²) in [6.45, 7) is 1.50. The number of ether oxygens (including phenoxy) is 1. The number of aromatic nitrogens is 3. The fourth-order valence-corrected chi connectivity index (χ4v) is 8.95. The van der Waals surface area contributed by atoms with E-state index < -0.39 is 9.84 Å². The average molecular weight is 762 g/mol. The van der Waals surface area contributed by atoms with Crippen molar-refractivity contribution in [1.29, 1.82) is 0 Å². The second-order valence-electron chi connectivity index (χ2n) is 13.2. The molecule has 3 N–H and O–H groups in total. The van der Waals surface area contributed by atoms with Gasteiger partial charge in [0, 0.05) is 78.3 Å². The highest BCUT2D eigenvalue weighted by atomic mass is 35.5. The van der Waals surface area contributed by atoms with Crippen LogP contribution in [0.1, 0.15) is 36.8 Å². The number of amides is 1. The number of sulfone groups is 1. The van der Waals surface area contributed by atoms with E-state index in [1.165, 1.54) is 4.40 Å². The topological polar surface area (TPSA) is 144 Å². The number of benzene rings is 2. The summed E-state index contributed by atoms with van der Waals surface area (Å²) in [6, 6.07) is 19.2. The van der Waals surface area contributed by atoms with Crippen LogP contribution in [0.3, 0.4) is 0 Å². The first-order valence-electron chi connectivity index (χ1n) is 17.2. The van der Waals surface area contributed by atoms with E-state index in [9.17, 15) is 18.0 Å².